The molecule has 0 fully saturated rings. The lowest BCUT2D eigenvalue weighted by Gasteiger charge is -2.23. The fourth-order valence-electron chi connectivity index (χ4n) is 2.66. The highest BCUT2D eigenvalue weighted by Gasteiger charge is 2.25. The number of ether oxygens (including phenoxy) is 2. The number of hydrogen-bond donors (Lipinski definition) is 1. The van der Waals surface area contributed by atoms with Crippen LogP contribution < -0.4 is 5.32 Å². The molecule has 0 aromatic heterocycles. The van der Waals surface area contributed by atoms with Crippen molar-refractivity contribution in [1.29, 1.82) is 0 Å². The molecule has 0 spiro atoms. The number of ketones is 1. The number of imide groups is 1. The first-order chi connectivity index (χ1) is 15.0. The Morgan fingerprint density at radius 3 is 2.10 bits per heavy atom. The molecule has 3 amide bonds. The van der Waals surface area contributed by atoms with Gasteiger partial charge in [-0.2, -0.15) is 0 Å². The third-order valence-corrected chi connectivity index (χ3v) is 4.67. The average Bonchev–Trinajstić information content (AvgIpc) is 2.80. The molecule has 2 aromatic rings. The van der Waals surface area contributed by atoms with Crippen molar-refractivity contribution in [2.75, 3.05) is 19.7 Å². The zero-order chi connectivity index (χ0) is 22.5. The Balaban J connectivity index is 1.82. The van der Waals surface area contributed by atoms with Gasteiger partial charge in [0.15, 0.2) is 5.78 Å². The summed E-state index contributed by atoms with van der Waals surface area (Å²) >= 11 is 0. The van der Waals surface area contributed by atoms with Crippen molar-refractivity contribution in [1.82, 2.24) is 10.2 Å². The van der Waals surface area contributed by atoms with Gasteiger partial charge in [0, 0.05) is 6.54 Å². The van der Waals surface area contributed by atoms with Crippen LogP contribution >= 0.6 is 0 Å². The number of Topliss-reactive ketones (excluding diaryl/α,β-unsaturated/α-hetero) is 1. The number of amides is 3. The summed E-state index contributed by atoms with van der Waals surface area (Å²) < 4.78 is 10.7. The maximum Gasteiger partial charge on any atom is 0.418 e. The molecule has 2 aromatic carbocycles. The van der Waals surface area contributed by atoms with Crippen molar-refractivity contribution in [2.45, 2.75) is 33.5 Å². The average molecular weight is 427 g/mol. The molecule has 2 rings (SSSR count). The molecule has 0 aliphatic carbocycles. The first kappa shape index (κ1) is 24.1. The Hall–Kier alpha value is -3.19. The van der Waals surface area contributed by atoms with E-state index in [1.165, 1.54) is 0 Å². The lowest BCUT2D eigenvalue weighted by atomic mass is 10.1. The Kier molecular flexibility index (Phi) is 10.2. The van der Waals surface area contributed by atoms with Crippen molar-refractivity contribution in [2.24, 2.45) is 5.92 Å². The first-order valence-electron chi connectivity index (χ1n) is 10.4. The van der Waals surface area contributed by atoms with E-state index in [-0.39, 0.29) is 38.0 Å². The van der Waals surface area contributed by atoms with Crippen molar-refractivity contribution in [3.05, 3.63) is 71.8 Å². The molecule has 31 heavy (non-hydrogen) atoms. The molecule has 0 heterocycles. The van der Waals surface area contributed by atoms with Crippen LogP contribution in [0, 0.1) is 5.92 Å². The second-order valence-electron chi connectivity index (χ2n) is 7.34. The quantitative estimate of drug-likeness (QED) is 0.583. The minimum Gasteiger partial charge on any atom is -0.444 e. The normalized spacial score (nSPS) is 11.4. The lowest BCUT2D eigenvalue weighted by molar-refractivity contribution is -0.123. The van der Waals surface area contributed by atoms with E-state index < -0.39 is 12.1 Å². The van der Waals surface area contributed by atoms with E-state index >= 15 is 0 Å². The van der Waals surface area contributed by atoms with E-state index in [2.05, 4.69) is 5.32 Å². The minimum atomic E-state index is -0.741. The molecule has 1 atom stereocenters. The standard InChI is InChI=1S/C24H30N2O5/c1-3-19(2)15-26(24(29)31-17-21-12-8-5-9-13-21)23(28)25-14-22(27)18-30-16-20-10-6-4-7-11-20/h4-13,19H,3,14-18H2,1-2H3,(H,25,28). The molecule has 0 saturated carbocycles. The predicted molar refractivity (Wildman–Crippen MR) is 117 cm³/mol. The number of urea groups is 1. The summed E-state index contributed by atoms with van der Waals surface area (Å²) in [5.74, 6) is -0.189. The second kappa shape index (κ2) is 13.2. The number of carbonyl (C=O) groups excluding carboxylic acids is 3. The molecular weight excluding hydrogens is 396 g/mol. The SMILES string of the molecule is CCC(C)CN(C(=O)NCC(=O)COCc1ccccc1)C(=O)OCc1ccccc1. The fraction of sp³-hybridized carbons (Fsp3) is 0.375. The van der Waals surface area contributed by atoms with Crippen molar-refractivity contribution in [3.8, 4) is 0 Å². The largest absolute Gasteiger partial charge is 0.444 e. The number of carbonyl (C=O) groups is 3. The molecule has 0 saturated heterocycles. The van der Waals surface area contributed by atoms with Crippen LogP contribution in [-0.2, 0) is 27.5 Å². The van der Waals surface area contributed by atoms with Crippen LogP contribution in [0.4, 0.5) is 9.59 Å². The molecule has 1 N–H and O–H groups in total. The third kappa shape index (κ3) is 9.00. The summed E-state index contributed by atoms with van der Waals surface area (Å²) in [5.41, 5.74) is 1.78. The highest BCUT2D eigenvalue weighted by Crippen LogP contribution is 2.09. The van der Waals surface area contributed by atoms with Crippen LogP contribution in [0.2, 0.25) is 0 Å². The van der Waals surface area contributed by atoms with Gasteiger partial charge in [-0.15, -0.1) is 0 Å². The van der Waals surface area contributed by atoms with Gasteiger partial charge in [0.2, 0.25) is 0 Å². The van der Waals surface area contributed by atoms with E-state index in [0.717, 1.165) is 22.4 Å². The number of rotatable bonds is 11. The van der Waals surface area contributed by atoms with E-state index in [9.17, 15) is 14.4 Å². The third-order valence-electron chi connectivity index (χ3n) is 4.67. The second-order valence-corrected chi connectivity index (χ2v) is 7.34. The van der Waals surface area contributed by atoms with Crippen LogP contribution in [-0.4, -0.2) is 42.5 Å². The predicted octanol–water partition coefficient (Wildman–Crippen LogP) is 4.17. The van der Waals surface area contributed by atoms with Gasteiger partial charge in [0.1, 0.15) is 13.2 Å². The van der Waals surface area contributed by atoms with Crippen LogP contribution in [0.3, 0.4) is 0 Å². The smallest absolute Gasteiger partial charge is 0.418 e. The number of nitrogens with zero attached hydrogens (tertiary/aromatic N) is 1. The topological polar surface area (TPSA) is 84.9 Å². The molecule has 0 aliphatic heterocycles. The lowest BCUT2D eigenvalue weighted by Crippen LogP contribution is -2.47. The number of benzene rings is 2. The fourth-order valence-corrected chi connectivity index (χ4v) is 2.66. The summed E-state index contributed by atoms with van der Waals surface area (Å²) in [5, 5.41) is 2.50. The van der Waals surface area contributed by atoms with Crippen molar-refractivity contribution in [3.63, 3.8) is 0 Å². The summed E-state index contributed by atoms with van der Waals surface area (Å²) in [6.45, 7) is 4.14. The summed E-state index contributed by atoms with van der Waals surface area (Å²) in [6.07, 6.45) is 0.0524. The molecule has 166 valence electrons. The first-order valence-corrected chi connectivity index (χ1v) is 10.4. The van der Waals surface area contributed by atoms with Gasteiger partial charge < -0.3 is 14.8 Å². The molecule has 7 heteroatoms. The van der Waals surface area contributed by atoms with Crippen LogP contribution in [0.25, 0.3) is 0 Å². The zero-order valence-corrected chi connectivity index (χ0v) is 18.1. The van der Waals surface area contributed by atoms with Crippen LogP contribution in [0.15, 0.2) is 60.7 Å². The van der Waals surface area contributed by atoms with Gasteiger partial charge >= 0.3 is 12.1 Å². The molecule has 1 unspecified atom stereocenters. The van der Waals surface area contributed by atoms with E-state index in [1.807, 2.05) is 74.5 Å². The Morgan fingerprint density at radius 1 is 0.935 bits per heavy atom. The summed E-state index contributed by atoms with van der Waals surface area (Å²) in [6, 6.07) is 18.1. The maximum absolute atomic E-state index is 12.6. The Labute approximate surface area is 183 Å². The van der Waals surface area contributed by atoms with Gasteiger partial charge in [0.05, 0.1) is 13.2 Å². The number of nitrogens with one attached hydrogen (secondary N) is 1. The minimum absolute atomic E-state index is 0.0657. The molecule has 7 nitrogen and oxygen atoms in total. The monoisotopic (exact) mass is 426 g/mol. The Morgan fingerprint density at radius 2 is 1.52 bits per heavy atom. The van der Waals surface area contributed by atoms with Gasteiger partial charge in [-0.1, -0.05) is 80.9 Å². The molecule has 0 bridgehead atoms. The molecule has 0 aliphatic rings. The van der Waals surface area contributed by atoms with Crippen molar-refractivity contribution >= 4 is 17.9 Å². The number of hydrogen-bond acceptors (Lipinski definition) is 5. The van der Waals surface area contributed by atoms with Gasteiger partial charge in [-0.25, -0.2) is 14.5 Å². The summed E-state index contributed by atoms with van der Waals surface area (Å²) in [7, 11) is 0. The highest BCUT2D eigenvalue weighted by molar-refractivity contribution is 5.93. The van der Waals surface area contributed by atoms with Crippen LogP contribution in [0.5, 0.6) is 0 Å². The summed E-state index contributed by atoms with van der Waals surface area (Å²) in [4.78, 5) is 38.1. The zero-order valence-electron chi connectivity index (χ0n) is 18.1. The van der Waals surface area contributed by atoms with E-state index in [0.29, 0.717) is 6.61 Å². The van der Waals surface area contributed by atoms with Gasteiger partial charge in [0.25, 0.3) is 0 Å². The Bertz CT molecular complexity index is 826. The molecule has 0 radical (unpaired) electrons. The molecular formula is C24H30N2O5. The highest BCUT2D eigenvalue weighted by atomic mass is 16.6. The van der Waals surface area contributed by atoms with Crippen LogP contribution in [0.1, 0.15) is 31.4 Å². The van der Waals surface area contributed by atoms with E-state index in [1.54, 1.807) is 0 Å². The van der Waals surface area contributed by atoms with E-state index in [4.69, 9.17) is 9.47 Å². The maximum atomic E-state index is 12.6. The van der Waals surface area contributed by atoms with Gasteiger partial charge in [-0.05, 0) is 17.0 Å². The van der Waals surface area contributed by atoms with Crippen molar-refractivity contribution < 1.29 is 23.9 Å². The van der Waals surface area contributed by atoms with Gasteiger partial charge in [-0.3, -0.25) is 4.79 Å².